The third kappa shape index (κ3) is 12.8. The lowest BCUT2D eigenvalue weighted by Crippen LogP contribution is -2.32. The molecule has 1 rings (SSSR count). The number of nitrogens with zero attached hydrogens (tertiary/aromatic N) is 1. The molecule has 1 fully saturated rings. The second-order valence-corrected chi connectivity index (χ2v) is 7.45. The van der Waals surface area contributed by atoms with E-state index in [2.05, 4.69) is 6.92 Å². The molecule has 0 aromatic carbocycles. The average molecular weight is 340 g/mol. The Labute approximate surface area is 150 Å². The number of hydrogen-bond donors (Lipinski definition) is 0. The zero-order valence-corrected chi connectivity index (χ0v) is 16.2. The molecule has 0 spiro atoms. The largest absolute Gasteiger partial charge is 0.368 e. The summed E-state index contributed by atoms with van der Waals surface area (Å²) in [6.07, 6.45) is 21.6. The van der Waals surface area contributed by atoms with Crippen LogP contribution < -0.4 is 0 Å². The van der Waals surface area contributed by atoms with Crippen LogP contribution in [0.4, 0.5) is 0 Å². The molecule has 0 N–H and O–H groups in total. The topological polar surface area (TPSA) is 29.5 Å². The van der Waals surface area contributed by atoms with Crippen molar-refractivity contribution < 1.29 is 9.63 Å². The predicted molar refractivity (Wildman–Crippen MR) is 102 cm³/mol. The fourth-order valence-corrected chi connectivity index (χ4v) is 3.43. The van der Waals surface area contributed by atoms with Crippen molar-refractivity contribution >= 4 is 5.97 Å². The van der Waals surface area contributed by atoms with Crippen LogP contribution in [0.1, 0.15) is 116 Å². The van der Waals surface area contributed by atoms with Gasteiger partial charge in [0.25, 0.3) is 0 Å². The molecule has 1 aliphatic rings. The Bertz CT molecular complexity index is 288. The molecule has 0 aromatic rings. The highest BCUT2D eigenvalue weighted by Crippen LogP contribution is 2.14. The van der Waals surface area contributed by atoms with Gasteiger partial charge in [0.1, 0.15) is 0 Å². The van der Waals surface area contributed by atoms with Gasteiger partial charge in [-0.2, -0.15) is 0 Å². The van der Waals surface area contributed by atoms with Gasteiger partial charge in [0.2, 0.25) is 0 Å². The van der Waals surface area contributed by atoms with Gasteiger partial charge in [0, 0.05) is 19.5 Å². The van der Waals surface area contributed by atoms with E-state index in [1.165, 1.54) is 83.5 Å². The first-order chi connectivity index (χ1) is 11.8. The van der Waals surface area contributed by atoms with Gasteiger partial charge in [-0.05, 0) is 19.3 Å². The molecular weight excluding hydrogens is 298 g/mol. The minimum absolute atomic E-state index is 0.0278. The highest BCUT2D eigenvalue weighted by Gasteiger charge is 2.14. The molecule has 1 heterocycles. The summed E-state index contributed by atoms with van der Waals surface area (Å²) in [6, 6.07) is 0. The van der Waals surface area contributed by atoms with E-state index in [4.69, 9.17) is 4.84 Å². The van der Waals surface area contributed by atoms with Crippen LogP contribution in [0.2, 0.25) is 0 Å². The number of carbonyl (C=O) groups is 1. The SMILES string of the molecule is CCCCCCCCCCCCCCCC(=O)ON1CCCCC1. The lowest BCUT2D eigenvalue weighted by atomic mass is 10.0. The molecule has 3 heteroatoms. The van der Waals surface area contributed by atoms with E-state index in [0.717, 1.165) is 32.4 Å². The van der Waals surface area contributed by atoms with Gasteiger partial charge in [0.15, 0.2) is 0 Å². The van der Waals surface area contributed by atoms with Crippen molar-refractivity contribution in [2.24, 2.45) is 0 Å². The fourth-order valence-electron chi connectivity index (χ4n) is 3.43. The first kappa shape index (κ1) is 21.5. The third-order valence-corrected chi connectivity index (χ3v) is 5.03. The second kappa shape index (κ2) is 15.9. The molecule has 0 saturated carbocycles. The van der Waals surface area contributed by atoms with Gasteiger partial charge in [-0.15, -0.1) is 5.06 Å². The molecule has 142 valence electrons. The quantitative estimate of drug-likeness (QED) is 0.323. The Kier molecular flexibility index (Phi) is 14.3. The lowest BCUT2D eigenvalue weighted by molar-refractivity contribution is -0.194. The summed E-state index contributed by atoms with van der Waals surface area (Å²) in [5.41, 5.74) is 0. The van der Waals surface area contributed by atoms with Crippen molar-refractivity contribution in [2.75, 3.05) is 13.1 Å². The first-order valence-electron chi connectivity index (χ1n) is 10.8. The average Bonchev–Trinajstić information content (AvgIpc) is 2.60. The van der Waals surface area contributed by atoms with Crippen LogP contribution in [0, 0.1) is 0 Å². The van der Waals surface area contributed by atoms with E-state index in [1.54, 1.807) is 0 Å². The van der Waals surface area contributed by atoms with E-state index in [-0.39, 0.29) is 5.97 Å². The van der Waals surface area contributed by atoms with Crippen LogP contribution in [0.5, 0.6) is 0 Å². The molecule has 24 heavy (non-hydrogen) atoms. The number of piperidine rings is 1. The number of rotatable bonds is 15. The molecule has 0 radical (unpaired) electrons. The Balaban J connectivity index is 1.76. The van der Waals surface area contributed by atoms with Crippen LogP contribution in [-0.4, -0.2) is 24.1 Å². The molecule has 0 aromatic heterocycles. The predicted octanol–water partition coefficient (Wildman–Crippen LogP) is 6.41. The van der Waals surface area contributed by atoms with E-state index >= 15 is 0 Å². The Hall–Kier alpha value is -0.570. The zero-order chi connectivity index (χ0) is 17.3. The van der Waals surface area contributed by atoms with Crippen molar-refractivity contribution in [3.8, 4) is 0 Å². The molecule has 0 aliphatic carbocycles. The molecule has 3 nitrogen and oxygen atoms in total. The normalized spacial score (nSPS) is 15.5. The van der Waals surface area contributed by atoms with Crippen molar-refractivity contribution in [1.82, 2.24) is 5.06 Å². The molecule has 1 saturated heterocycles. The van der Waals surface area contributed by atoms with Gasteiger partial charge in [-0.25, -0.2) is 0 Å². The fraction of sp³-hybridized carbons (Fsp3) is 0.952. The molecule has 0 atom stereocenters. The maximum absolute atomic E-state index is 11.7. The summed E-state index contributed by atoms with van der Waals surface area (Å²) in [5.74, 6) is -0.0278. The van der Waals surface area contributed by atoms with Crippen molar-refractivity contribution in [3.05, 3.63) is 0 Å². The van der Waals surface area contributed by atoms with Crippen molar-refractivity contribution in [3.63, 3.8) is 0 Å². The summed E-state index contributed by atoms with van der Waals surface area (Å²) >= 11 is 0. The Morgan fingerprint density at radius 3 is 1.67 bits per heavy atom. The summed E-state index contributed by atoms with van der Waals surface area (Å²) in [4.78, 5) is 17.1. The maximum atomic E-state index is 11.7. The third-order valence-electron chi connectivity index (χ3n) is 5.03. The Morgan fingerprint density at radius 2 is 1.17 bits per heavy atom. The van der Waals surface area contributed by atoms with Crippen molar-refractivity contribution in [1.29, 1.82) is 0 Å². The van der Waals surface area contributed by atoms with E-state index in [1.807, 2.05) is 5.06 Å². The molecule has 0 amide bonds. The monoisotopic (exact) mass is 339 g/mol. The standard InChI is InChI=1S/C21H41NO2/c1-2-3-4-5-6-7-8-9-10-11-12-13-15-18-21(23)24-22-19-16-14-17-20-22/h2-20H2,1H3. The molecule has 0 unspecified atom stereocenters. The van der Waals surface area contributed by atoms with Crippen molar-refractivity contribution in [2.45, 2.75) is 116 Å². The minimum atomic E-state index is -0.0278. The van der Waals surface area contributed by atoms with Gasteiger partial charge >= 0.3 is 5.97 Å². The van der Waals surface area contributed by atoms with Gasteiger partial charge in [-0.3, -0.25) is 4.79 Å². The van der Waals surface area contributed by atoms with Crippen LogP contribution in [0.3, 0.4) is 0 Å². The van der Waals surface area contributed by atoms with Crippen LogP contribution in [0.25, 0.3) is 0 Å². The Morgan fingerprint density at radius 1 is 0.708 bits per heavy atom. The summed E-state index contributed by atoms with van der Waals surface area (Å²) in [7, 11) is 0. The van der Waals surface area contributed by atoms with E-state index in [0.29, 0.717) is 6.42 Å². The van der Waals surface area contributed by atoms with E-state index in [9.17, 15) is 4.79 Å². The highest BCUT2D eigenvalue weighted by molar-refractivity contribution is 5.68. The molecule has 0 bridgehead atoms. The minimum Gasteiger partial charge on any atom is -0.368 e. The van der Waals surface area contributed by atoms with Gasteiger partial charge in [0.05, 0.1) is 0 Å². The zero-order valence-electron chi connectivity index (χ0n) is 16.2. The van der Waals surface area contributed by atoms with Crippen LogP contribution >= 0.6 is 0 Å². The highest BCUT2D eigenvalue weighted by atomic mass is 16.7. The summed E-state index contributed by atoms with van der Waals surface area (Å²) < 4.78 is 0. The summed E-state index contributed by atoms with van der Waals surface area (Å²) in [6.45, 7) is 4.12. The number of hydrogen-bond acceptors (Lipinski definition) is 3. The molecular formula is C21H41NO2. The number of unbranched alkanes of at least 4 members (excludes halogenated alkanes) is 12. The molecule has 1 aliphatic heterocycles. The van der Waals surface area contributed by atoms with Gasteiger partial charge < -0.3 is 4.84 Å². The van der Waals surface area contributed by atoms with Gasteiger partial charge in [-0.1, -0.05) is 90.4 Å². The van der Waals surface area contributed by atoms with Crippen LogP contribution in [0.15, 0.2) is 0 Å². The smallest absolute Gasteiger partial charge is 0.325 e. The van der Waals surface area contributed by atoms with E-state index < -0.39 is 0 Å². The lowest BCUT2D eigenvalue weighted by Gasteiger charge is -2.24. The van der Waals surface area contributed by atoms with Crippen LogP contribution in [-0.2, 0) is 9.63 Å². The maximum Gasteiger partial charge on any atom is 0.325 e. The summed E-state index contributed by atoms with van der Waals surface area (Å²) in [5, 5.41) is 1.86. The number of hydroxylamine groups is 2. The second-order valence-electron chi connectivity index (χ2n) is 7.45. The number of carbonyl (C=O) groups excluding carboxylic acids is 1. The first-order valence-corrected chi connectivity index (χ1v) is 10.8.